The van der Waals surface area contributed by atoms with Crippen LogP contribution in [-0.4, -0.2) is 43.3 Å². The third kappa shape index (κ3) is 3.64. The van der Waals surface area contributed by atoms with E-state index < -0.39 is 17.8 Å². The molecule has 1 atom stereocenters. The van der Waals surface area contributed by atoms with Crippen LogP contribution in [0.5, 0.6) is 0 Å². The number of hydrogen-bond donors (Lipinski definition) is 2. The molecule has 2 amide bonds. The van der Waals surface area contributed by atoms with Gasteiger partial charge in [-0.25, -0.2) is 4.79 Å². The van der Waals surface area contributed by atoms with E-state index in [0.29, 0.717) is 13.2 Å². The summed E-state index contributed by atoms with van der Waals surface area (Å²) in [4.78, 5) is 13.6. The molecule has 1 unspecified atom stereocenters. The lowest BCUT2D eigenvalue weighted by molar-refractivity contribution is -0.136. The monoisotopic (exact) mass is 303 g/mol. The topological polar surface area (TPSA) is 67.6 Å². The molecule has 0 bridgehead atoms. The van der Waals surface area contributed by atoms with Crippen LogP contribution >= 0.6 is 0 Å². The van der Waals surface area contributed by atoms with Gasteiger partial charge in [-0.3, -0.25) is 0 Å². The van der Waals surface area contributed by atoms with Crippen molar-refractivity contribution in [2.24, 2.45) is 5.73 Å². The Hall–Kier alpha value is -1.80. The first kappa shape index (κ1) is 15.6. The van der Waals surface area contributed by atoms with Crippen molar-refractivity contribution in [3.63, 3.8) is 0 Å². The zero-order valence-corrected chi connectivity index (χ0v) is 11.2. The first-order chi connectivity index (χ1) is 9.93. The maximum atomic E-state index is 12.9. The number of amides is 2. The normalized spacial score (nSPS) is 19.4. The highest BCUT2D eigenvalue weighted by Gasteiger charge is 2.34. The van der Waals surface area contributed by atoms with Gasteiger partial charge in [-0.15, -0.1) is 0 Å². The number of ether oxygens (including phenoxy) is 1. The fraction of sp³-hybridized carbons (Fsp3) is 0.462. The zero-order chi connectivity index (χ0) is 15.5. The molecule has 3 N–H and O–H groups in total. The molecule has 2 rings (SSSR count). The Morgan fingerprint density at radius 3 is 2.81 bits per heavy atom. The third-order valence-corrected chi connectivity index (χ3v) is 3.23. The van der Waals surface area contributed by atoms with Crippen molar-refractivity contribution < 1.29 is 22.7 Å². The average molecular weight is 303 g/mol. The fourth-order valence-corrected chi connectivity index (χ4v) is 2.14. The van der Waals surface area contributed by atoms with E-state index in [1.807, 2.05) is 0 Å². The summed E-state index contributed by atoms with van der Waals surface area (Å²) in [6, 6.07) is 3.91. The van der Waals surface area contributed by atoms with Crippen LogP contribution in [0.25, 0.3) is 0 Å². The number of para-hydroxylation sites is 1. The molecule has 0 saturated carbocycles. The lowest BCUT2D eigenvalue weighted by Crippen LogP contribution is -2.53. The van der Waals surface area contributed by atoms with E-state index in [1.165, 1.54) is 23.1 Å². The molecule has 1 aromatic rings. The number of rotatable bonds is 2. The van der Waals surface area contributed by atoms with Crippen LogP contribution in [0, 0.1) is 0 Å². The van der Waals surface area contributed by atoms with Gasteiger partial charge in [0, 0.05) is 13.1 Å². The number of nitrogens with one attached hydrogen (secondary N) is 1. The van der Waals surface area contributed by atoms with Gasteiger partial charge in [0.25, 0.3) is 0 Å². The lowest BCUT2D eigenvalue weighted by Gasteiger charge is -2.35. The number of nitrogens with two attached hydrogens (primary N) is 1. The molecule has 0 aliphatic carbocycles. The van der Waals surface area contributed by atoms with Gasteiger partial charge in [-0.1, -0.05) is 12.1 Å². The molecular formula is C13H16F3N3O2. The van der Waals surface area contributed by atoms with Crippen LogP contribution in [0.4, 0.5) is 23.7 Å². The number of halogens is 3. The molecule has 1 aromatic carbocycles. The van der Waals surface area contributed by atoms with Crippen LogP contribution in [0.2, 0.25) is 0 Å². The van der Waals surface area contributed by atoms with Crippen molar-refractivity contribution in [3.8, 4) is 0 Å². The molecule has 1 aliphatic rings. The van der Waals surface area contributed by atoms with E-state index in [9.17, 15) is 18.0 Å². The molecule has 5 nitrogen and oxygen atoms in total. The average Bonchev–Trinajstić information content (AvgIpc) is 2.46. The van der Waals surface area contributed by atoms with Gasteiger partial charge < -0.3 is 20.7 Å². The summed E-state index contributed by atoms with van der Waals surface area (Å²) >= 11 is 0. The second-order valence-electron chi connectivity index (χ2n) is 4.63. The number of benzene rings is 1. The molecule has 1 heterocycles. The second-order valence-corrected chi connectivity index (χ2v) is 4.63. The Labute approximate surface area is 119 Å². The lowest BCUT2D eigenvalue weighted by atomic mass is 10.1. The number of hydrogen-bond acceptors (Lipinski definition) is 3. The third-order valence-electron chi connectivity index (χ3n) is 3.23. The molecule has 116 valence electrons. The second kappa shape index (κ2) is 6.31. The van der Waals surface area contributed by atoms with E-state index in [-0.39, 0.29) is 24.9 Å². The minimum atomic E-state index is -4.53. The maximum Gasteiger partial charge on any atom is 0.418 e. The Balaban J connectivity index is 2.16. The van der Waals surface area contributed by atoms with Crippen molar-refractivity contribution in [2.45, 2.75) is 12.2 Å². The van der Waals surface area contributed by atoms with Crippen LogP contribution in [0.1, 0.15) is 5.56 Å². The summed E-state index contributed by atoms with van der Waals surface area (Å²) in [6.45, 7) is 1.10. The Bertz CT molecular complexity index is 508. The summed E-state index contributed by atoms with van der Waals surface area (Å²) < 4.78 is 43.8. The summed E-state index contributed by atoms with van der Waals surface area (Å²) in [7, 11) is 0. The summed E-state index contributed by atoms with van der Waals surface area (Å²) in [5.41, 5.74) is 4.40. The number of nitrogens with zero attached hydrogens (tertiary/aromatic N) is 1. The minimum Gasteiger partial charge on any atom is -0.377 e. The summed E-state index contributed by atoms with van der Waals surface area (Å²) in [6.07, 6.45) is -4.53. The molecule has 0 spiro atoms. The number of carbonyl (C=O) groups excluding carboxylic acids is 1. The maximum absolute atomic E-state index is 12.9. The predicted molar refractivity (Wildman–Crippen MR) is 70.8 cm³/mol. The highest BCUT2D eigenvalue weighted by molar-refractivity contribution is 5.90. The molecule has 1 aliphatic heterocycles. The van der Waals surface area contributed by atoms with Crippen molar-refractivity contribution in [3.05, 3.63) is 29.8 Å². The first-order valence-corrected chi connectivity index (χ1v) is 6.45. The zero-order valence-electron chi connectivity index (χ0n) is 11.2. The van der Waals surface area contributed by atoms with Gasteiger partial charge in [0.2, 0.25) is 0 Å². The van der Waals surface area contributed by atoms with Crippen LogP contribution in [0.3, 0.4) is 0 Å². The number of urea groups is 1. The van der Waals surface area contributed by atoms with Crippen LogP contribution < -0.4 is 11.1 Å². The van der Waals surface area contributed by atoms with Crippen LogP contribution in [0.15, 0.2) is 24.3 Å². The minimum absolute atomic E-state index is 0.189. The van der Waals surface area contributed by atoms with Crippen molar-refractivity contribution in [2.75, 3.05) is 31.6 Å². The highest BCUT2D eigenvalue weighted by atomic mass is 19.4. The molecule has 1 saturated heterocycles. The smallest absolute Gasteiger partial charge is 0.377 e. The van der Waals surface area contributed by atoms with E-state index >= 15 is 0 Å². The van der Waals surface area contributed by atoms with Crippen LogP contribution in [-0.2, 0) is 10.9 Å². The first-order valence-electron chi connectivity index (χ1n) is 6.45. The molecule has 0 aromatic heterocycles. The van der Waals surface area contributed by atoms with Gasteiger partial charge in [0.05, 0.1) is 30.5 Å². The quantitative estimate of drug-likeness (QED) is 0.877. The van der Waals surface area contributed by atoms with Gasteiger partial charge in [0.15, 0.2) is 0 Å². The molecule has 1 fully saturated rings. The fourth-order valence-electron chi connectivity index (χ4n) is 2.14. The van der Waals surface area contributed by atoms with Gasteiger partial charge >= 0.3 is 12.2 Å². The molecule has 0 radical (unpaired) electrons. The van der Waals surface area contributed by atoms with E-state index in [4.69, 9.17) is 10.5 Å². The number of carbonyl (C=O) groups is 1. The van der Waals surface area contributed by atoms with Crippen molar-refractivity contribution in [1.29, 1.82) is 0 Å². The largest absolute Gasteiger partial charge is 0.418 e. The van der Waals surface area contributed by atoms with E-state index in [2.05, 4.69) is 5.32 Å². The van der Waals surface area contributed by atoms with Gasteiger partial charge in [-0.05, 0) is 12.1 Å². The van der Waals surface area contributed by atoms with E-state index in [1.54, 1.807) is 0 Å². The Morgan fingerprint density at radius 2 is 2.14 bits per heavy atom. The summed E-state index contributed by atoms with van der Waals surface area (Å²) in [5, 5.41) is 2.31. The van der Waals surface area contributed by atoms with Crippen molar-refractivity contribution >= 4 is 11.7 Å². The SMILES string of the molecule is NCC1COCCN1C(=O)Nc1ccccc1C(F)(F)F. The summed E-state index contributed by atoms with van der Waals surface area (Å²) in [5.74, 6) is 0. The van der Waals surface area contributed by atoms with Gasteiger partial charge in [-0.2, -0.15) is 13.2 Å². The Kier molecular flexibility index (Phi) is 4.69. The predicted octanol–water partition coefficient (Wildman–Crippen LogP) is 1.90. The van der Waals surface area contributed by atoms with E-state index in [0.717, 1.165) is 6.07 Å². The molecule has 21 heavy (non-hydrogen) atoms. The molecular weight excluding hydrogens is 287 g/mol. The number of morpholine rings is 1. The highest BCUT2D eigenvalue weighted by Crippen LogP contribution is 2.34. The Morgan fingerprint density at radius 1 is 1.43 bits per heavy atom. The standard InChI is InChI=1S/C13H16F3N3O2/c14-13(15,16)10-3-1-2-4-11(10)18-12(20)19-5-6-21-8-9(19)7-17/h1-4,9H,5-8,17H2,(H,18,20). The molecule has 8 heteroatoms. The van der Waals surface area contributed by atoms with Crippen molar-refractivity contribution in [1.82, 2.24) is 4.90 Å². The number of alkyl halides is 3. The number of anilines is 1. The van der Waals surface area contributed by atoms with Gasteiger partial charge in [0.1, 0.15) is 0 Å².